The number of hydrogen-bond acceptors (Lipinski definition) is 3. The highest BCUT2D eigenvalue weighted by atomic mass is 16.2. The molecule has 1 atom stereocenters. The molecule has 1 aromatic heterocycles. The average Bonchev–Trinajstić information content (AvgIpc) is 2.87. The molecule has 0 aliphatic heterocycles. The van der Waals surface area contributed by atoms with Gasteiger partial charge in [0.25, 0.3) is 0 Å². The molecule has 0 radical (unpaired) electrons. The van der Waals surface area contributed by atoms with Crippen molar-refractivity contribution in [1.82, 2.24) is 10.2 Å². The summed E-state index contributed by atoms with van der Waals surface area (Å²) in [6, 6.07) is 10.9. The summed E-state index contributed by atoms with van der Waals surface area (Å²) in [5.41, 5.74) is 7.91. The fourth-order valence-electron chi connectivity index (χ4n) is 1.79. The van der Waals surface area contributed by atoms with Crippen LogP contribution < -0.4 is 11.1 Å². The minimum atomic E-state index is -0.579. The van der Waals surface area contributed by atoms with Gasteiger partial charge in [-0.25, -0.2) is 0 Å². The van der Waals surface area contributed by atoms with Gasteiger partial charge in [0, 0.05) is 11.8 Å². The molecule has 0 spiro atoms. The number of anilines is 1. The van der Waals surface area contributed by atoms with Crippen LogP contribution in [0.4, 0.5) is 5.82 Å². The van der Waals surface area contributed by atoms with Gasteiger partial charge in [0.15, 0.2) is 5.82 Å². The van der Waals surface area contributed by atoms with E-state index in [0.29, 0.717) is 12.2 Å². The van der Waals surface area contributed by atoms with Crippen molar-refractivity contribution < 1.29 is 4.79 Å². The van der Waals surface area contributed by atoms with Gasteiger partial charge in [-0.15, -0.1) is 0 Å². The molecule has 0 fully saturated rings. The minimum Gasteiger partial charge on any atom is -0.320 e. The van der Waals surface area contributed by atoms with Crippen LogP contribution in [0.2, 0.25) is 0 Å². The van der Waals surface area contributed by atoms with E-state index in [2.05, 4.69) is 15.5 Å². The Bertz CT molecular complexity index is 535. The number of carbonyl (C=O) groups excluding carboxylic acids is 1. The third-order valence-electron chi connectivity index (χ3n) is 2.90. The summed E-state index contributed by atoms with van der Waals surface area (Å²) in [7, 11) is 0. The van der Waals surface area contributed by atoms with Crippen molar-refractivity contribution in [1.29, 1.82) is 0 Å². The SMILES string of the molecule is CCc1cc(NC(=O)C(N)Cc2ccccc2)n[nH]1. The van der Waals surface area contributed by atoms with Crippen LogP contribution in [0.5, 0.6) is 0 Å². The van der Waals surface area contributed by atoms with E-state index in [9.17, 15) is 4.79 Å². The Morgan fingerprint density at radius 3 is 2.79 bits per heavy atom. The Morgan fingerprint density at radius 1 is 1.42 bits per heavy atom. The van der Waals surface area contributed by atoms with Crippen molar-refractivity contribution in [3.8, 4) is 0 Å². The molecule has 2 rings (SSSR count). The van der Waals surface area contributed by atoms with Gasteiger partial charge >= 0.3 is 0 Å². The van der Waals surface area contributed by atoms with Crippen LogP contribution in [-0.2, 0) is 17.6 Å². The average molecular weight is 258 g/mol. The molecule has 0 aliphatic rings. The first kappa shape index (κ1) is 13.3. The first-order valence-corrected chi connectivity index (χ1v) is 6.33. The number of benzene rings is 1. The molecule has 19 heavy (non-hydrogen) atoms. The smallest absolute Gasteiger partial charge is 0.242 e. The van der Waals surface area contributed by atoms with Crippen molar-refractivity contribution in [3.05, 3.63) is 47.7 Å². The van der Waals surface area contributed by atoms with Crippen molar-refractivity contribution in [2.45, 2.75) is 25.8 Å². The molecule has 1 aromatic carbocycles. The zero-order valence-corrected chi connectivity index (χ0v) is 10.9. The van der Waals surface area contributed by atoms with Gasteiger partial charge in [-0.05, 0) is 18.4 Å². The Labute approximate surface area is 112 Å². The van der Waals surface area contributed by atoms with Crippen LogP contribution in [0, 0.1) is 0 Å². The van der Waals surface area contributed by atoms with Crippen molar-refractivity contribution in [2.24, 2.45) is 5.73 Å². The molecule has 0 saturated heterocycles. The predicted octanol–water partition coefficient (Wildman–Crippen LogP) is 1.48. The van der Waals surface area contributed by atoms with Crippen LogP contribution in [0.1, 0.15) is 18.2 Å². The summed E-state index contributed by atoms with van der Waals surface area (Å²) in [4.78, 5) is 11.9. The molecular formula is C14H18N4O. The summed E-state index contributed by atoms with van der Waals surface area (Å²) in [5, 5.41) is 9.56. The lowest BCUT2D eigenvalue weighted by Gasteiger charge is -2.10. The van der Waals surface area contributed by atoms with Crippen LogP contribution in [0.3, 0.4) is 0 Å². The maximum absolute atomic E-state index is 11.9. The first-order chi connectivity index (χ1) is 9.19. The summed E-state index contributed by atoms with van der Waals surface area (Å²) in [6.07, 6.45) is 1.36. The van der Waals surface area contributed by atoms with Crippen molar-refractivity contribution in [3.63, 3.8) is 0 Å². The predicted molar refractivity (Wildman–Crippen MR) is 74.7 cm³/mol. The van der Waals surface area contributed by atoms with Gasteiger partial charge < -0.3 is 11.1 Å². The standard InChI is InChI=1S/C14H18N4O/c1-2-11-9-13(18-17-11)16-14(19)12(15)8-10-6-4-3-5-7-10/h3-7,9,12H,2,8,15H2,1H3,(H2,16,17,18,19). The molecule has 5 heteroatoms. The number of hydrogen-bond donors (Lipinski definition) is 3. The molecule has 1 unspecified atom stereocenters. The fourth-order valence-corrected chi connectivity index (χ4v) is 1.79. The van der Waals surface area contributed by atoms with Gasteiger partial charge in [0.05, 0.1) is 6.04 Å². The van der Waals surface area contributed by atoms with Crippen LogP contribution in [0.15, 0.2) is 36.4 Å². The Kier molecular flexibility index (Phi) is 4.30. The zero-order chi connectivity index (χ0) is 13.7. The molecule has 4 N–H and O–H groups in total. The number of H-pyrrole nitrogens is 1. The van der Waals surface area contributed by atoms with E-state index < -0.39 is 6.04 Å². The summed E-state index contributed by atoms with van der Waals surface area (Å²) in [6.45, 7) is 2.01. The lowest BCUT2D eigenvalue weighted by atomic mass is 10.1. The number of nitrogens with two attached hydrogens (primary N) is 1. The lowest BCUT2D eigenvalue weighted by molar-refractivity contribution is -0.117. The van der Waals surface area contributed by atoms with Gasteiger partial charge in [-0.3, -0.25) is 9.89 Å². The number of aromatic amines is 1. The molecule has 0 bridgehead atoms. The third kappa shape index (κ3) is 3.66. The highest BCUT2D eigenvalue weighted by Gasteiger charge is 2.15. The van der Waals surface area contributed by atoms with Crippen LogP contribution in [0.25, 0.3) is 0 Å². The van der Waals surface area contributed by atoms with E-state index >= 15 is 0 Å². The van der Waals surface area contributed by atoms with Gasteiger partial charge in [0.2, 0.25) is 5.91 Å². The molecule has 0 aliphatic carbocycles. The van der Waals surface area contributed by atoms with E-state index in [0.717, 1.165) is 17.7 Å². The number of nitrogens with one attached hydrogen (secondary N) is 2. The maximum atomic E-state index is 11.9. The quantitative estimate of drug-likeness (QED) is 0.759. The molecule has 0 saturated carbocycles. The topological polar surface area (TPSA) is 83.8 Å². The first-order valence-electron chi connectivity index (χ1n) is 6.33. The largest absolute Gasteiger partial charge is 0.320 e. The van der Waals surface area contributed by atoms with Crippen LogP contribution in [-0.4, -0.2) is 22.1 Å². The second kappa shape index (κ2) is 6.15. The zero-order valence-electron chi connectivity index (χ0n) is 10.9. The number of carbonyl (C=O) groups is 1. The van der Waals surface area contributed by atoms with Crippen molar-refractivity contribution >= 4 is 11.7 Å². The van der Waals surface area contributed by atoms with Gasteiger partial charge in [0.1, 0.15) is 0 Å². The normalized spacial score (nSPS) is 12.1. The second-order valence-electron chi connectivity index (χ2n) is 4.42. The van der Waals surface area contributed by atoms with E-state index in [-0.39, 0.29) is 5.91 Å². The molecule has 1 amide bonds. The number of amides is 1. The third-order valence-corrected chi connectivity index (χ3v) is 2.90. The van der Waals surface area contributed by atoms with Crippen LogP contribution >= 0.6 is 0 Å². The van der Waals surface area contributed by atoms with E-state index in [1.165, 1.54) is 0 Å². The highest BCUT2D eigenvalue weighted by molar-refractivity contribution is 5.94. The fraction of sp³-hybridized carbons (Fsp3) is 0.286. The summed E-state index contributed by atoms with van der Waals surface area (Å²) >= 11 is 0. The monoisotopic (exact) mass is 258 g/mol. The van der Waals surface area contributed by atoms with E-state index in [1.54, 1.807) is 0 Å². The van der Waals surface area contributed by atoms with E-state index in [1.807, 2.05) is 43.3 Å². The van der Waals surface area contributed by atoms with Crippen molar-refractivity contribution in [2.75, 3.05) is 5.32 Å². The Hall–Kier alpha value is -2.14. The Balaban J connectivity index is 1.92. The molecule has 1 heterocycles. The molecule has 100 valence electrons. The summed E-state index contributed by atoms with van der Waals surface area (Å²) in [5.74, 6) is 0.295. The lowest BCUT2D eigenvalue weighted by Crippen LogP contribution is -2.37. The highest BCUT2D eigenvalue weighted by Crippen LogP contribution is 2.07. The molecule has 5 nitrogen and oxygen atoms in total. The minimum absolute atomic E-state index is 0.224. The van der Waals surface area contributed by atoms with Gasteiger partial charge in [-0.1, -0.05) is 37.3 Å². The summed E-state index contributed by atoms with van der Waals surface area (Å²) < 4.78 is 0. The second-order valence-corrected chi connectivity index (χ2v) is 4.42. The number of nitrogens with zero attached hydrogens (tertiary/aromatic N) is 1. The Morgan fingerprint density at radius 2 is 2.16 bits per heavy atom. The molecule has 2 aromatic rings. The number of rotatable bonds is 5. The number of aromatic nitrogens is 2. The maximum Gasteiger partial charge on any atom is 0.242 e. The van der Waals surface area contributed by atoms with E-state index in [4.69, 9.17) is 5.73 Å². The number of aryl methyl sites for hydroxylation is 1. The van der Waals surface area contributed by atoms with Gasteiger partial charge in [-0.2, -0.15) is 5.10 Å². The molecular weight excluding hydrogens is 240 g/mol.